The third-order valence-corrected chi connectivity index (χ3v) is 3.51. The van der Waals surface area contributed by atoms with E-state index in [4.69, 9.17) is 9.15 Å². The van der Waals surface area contributed by atoms with Crippen molar-refractivity contribution in [3.63, 3.8) is 0 Å². The minimum Gasteiger partial charge on any atom is -0.497 e. The van der Waals surface area contributed by atoms with Crippen molar-refractivity contribution in [2.45, 2.75) is 6.54 Å². The maximum atomic E-state index is 12.5. The zero-order valence-corrected chi connectivity index (χ0v) is 12.8. The minimum absolute atomic E-state index is 0.0507. The highest BCUT2D eigenvalue weighted by molar-refractivity contribution is 6.30. The number of methoxy groups -OCH3 is 1. The molecule has 1 N–H and O–H groups in total. The van der Waals surface area contributed by atoms with Crippen LogP contribution in [0.2, 0.25) is 0 Å². The number of hydrogen-bond acceptors (Lipinski definition) is 5. The molecule has 1 saturated heterocycles. The second kappa shape index (κ2) is 6.41. The SMILES string of the molecule is COc1ccc(/C=C2\C(=O)NC(=O)N(Cc3ccco3)C2=O)cc1. The molecule has 0 saturated carbocycles. The molecule has 1 aromatic heterocycles. The van der Waals surface area contributed by atoms with E-state index in [0.717, 1.165) is 4.90 Å². The average Bonchev–Trinajstić information content (AvgIpc) is 3.09. The average molecular weight is 326 g/mol. The van der Waals surface area contributed by atoms with Crippen molar-refractivity contribution in [3.05, 3.63) is 59.6 Å². The molecule has 1 aromatic carbocycles. The quantitative estimate of drug-likeness (QED) is 0.685. The number of furan rings is 1. The van der Waals surface area contributed by atoms with Crippen LogP contribution in [0, 0.1) is 0 Å². The van der Waals surface area contributed by atoms with E-state index >= 15 is 0 Å². The molecular formula is C17H14N2O5. The topological polar surface area (TPSA) is 88.8 Å². The molecule has 24 heavy (non-hydrogen) atoms. The van der Waals surface area contributed by atoms with E-state index in [1.807, 2.05) is 0 Å². The molecule has 0 spiro atoms. The Kier molecular flexibility index (Phi) is 4.15. The first kappa shape index (κ1) is 15.5. The van der Waals surface area contributed by atoms with Gasteiger partial charge in [0.15, 0.2) is 0 Å². The number of hydrogen-bond donors (Lipinski definition) is 1. The molecule has 1 aliphatic rings. The van der Waals surface area contributed by atoms with E-state index in [1.165, 1.54) is 12.3 Å². The van der Waals surface area contributed by atoms with Crippen LogP contribution in [0.15, 0.2) is 52.7 Å². The van der Waals surface area contributed by atoms with Gasteiger partial charge >= 0.3 is 6.03 Å². The standard InChI is InChI=1S/C17H14N2O5/c1-23-12-6-4-11(5-7-12)9-14-15(20)18-17(22)19(16(14)21)10-13-3-2-8-24-13/h2-9H,10H2,1H3,(H,18,20,22)/b14-9+. The van der Waals surface area contributed by atoms with Crippen LogP contribution < -0.4 is 10.1 Å². The van der Waals surface area contributed by atoms with Crippen molar-refractivity contribution in [2.24, 2.45) is 0 Å². The van der Waals surface area contributed by atoms with Crippen LogP contribution in [-0.2, 0) is 16.1 Å². The molecule has 7 heteroatoms. The summed E-state index contributed by atoms with van der Waals surface area (Å²) >= 11 is 0. The lowest BCUT2D eigenvalue weighted by atomic mass is 10.1. The summed E-state index contributed by atoms with van der Waals surface area (Å²) < 4.78 is 10.2. The number of nitrogens with one attached hydrogen (secondary N) is 1. The zero-order valence-electron chi connectivity index (χ0n) is 12.8. The Labute approximate surface area is 137 Å². The van der Waals surface area contributed by atoms with Crippen molar-refractivity contribution in [3.8, 4) is 5.75 Å². The van der Waals surface area contributed by atoms with Gasteiger partial charge in [-0.05, 0) is 35.9 Å². The molecule has 7 nitrogen and oxygen atoms in total. The summed E-state index contributed by atoms with van der Waals surface area (Å²) in [7, 11) is 1.55. The first-order chi connectivity index (χ1) is 11.6. The second-order valence-corrected chi connectivity index (χ2v) is 5.06. The molecule has 2 aromatic rings. The number of barbiturate groups is 1. The highest BCUT2D eigenvalue weighted by Crippen LogP contribution is 2.18. The highest BCUT2D eigenvalue weighted by atomic mass is 16.5. The molecule has 0 radical (unpaired) electrons. The second-order valence-electron chi connectivity index (χ2n) is 5.06. The lowest BCUT2D eigenvalue weighted by molar-refractivity contribution is -0.130. The Morgan fingerprint density at radius 2 is 1.92 bits per heavy atom. The fraction of sp³-hybridized carbons (Fsp3) is 0.118. The van der Waals surface area contributed by atoms with Gasteiger partial charge in [-0.25, -0.2) is 4.79 Å². The molecule has 0 atom stereocenters. The summed E-state index contributed by atoms with van der Waals surface area (Å²) in [4.78, 5) is 37.3. The van der Waals surface area contributed by atoms with Gasteiger partial charge in [-0.2, -0.15) is 0 Å². The number of carbonyl (C=O) groups excluding carboxylic acids is 3. The van der Waals surface area contributed by atoms with Crippen LogP contribution in [0.5, 0.6) is 5.75 Å². The fourth-order valence-electron chi connectivity index (χ4n) is 2.26. The Balaban J connectivity index is 1.88. The zero-order chi connectivity index (χ0) is 17.1. The molecule has 0 bridgehead atoms. The molecule has 1 fully saturated rings. The third kappa shape index (κ3) is 3.05. The van der Waals surface area contributed by atoms with E-state index < -0.39 is 17.8 Å². The fourth-order valence-corrected chi connectivity index (χ4v) is 2.26. The third-order valence-electron chi connectivity index (χ3n) is 3.51. The van der Waals surface area contributed by atoms with E-state index in [2.05, 4.69) is 5.32 Å². The predicted molar refractivity (Wildman–Crippen MR) is 83.8 cm³/mol. The van der Waals surface area contributed by atoms with Crippen molar-refractivity contribution in [1.29, 1.82) is 0 Å². The van der Waals surface area contributed by atoms with E-state index in [-0.39, 0.29) is 12.1 Å². The van der Waals surface area contributed by atoms with Gasteiger partial charge in [-0.15, -0.1) is 0 Å². The Morgan fingerprint density at radius 1 is 1.17 bits per heavy atom. The summed E-state index contributed by atoms with van der Waals surface area (Å²) in [6.45, 7) is -0.0507. The number of nitrogens with zero attached hydrogens (tertiary/aromatic N) is 1. The Morgan fingerprint density at radius 3 is 2.54 bits per heavy atom. The summed E-state index contributed by atoms with van der Waals surface area (Å²) in [5.74, 6) is -0.296. The van der Waals surface area contributed by atoms with E-state index in [1.54, 1.807) is 43.5 Å². The number of amides is 4. The lowest BCUT2D eigenvalue weighted by Gasteiger charge is -2.25. The Bertz CT molecular complexity index is 806. The number of benzene rings is 1. The first-order valence-corrected chi connectivity index (χ1v) is 7.14. The maximum absolute atomic E-state index is 12.5. The molecule has 0 aliphatic carbocycles. The predicted octanol–water partition coefficient (Wildman–Crippen LogP) is 1.95. The van der Waals surface area contributed by atoms with Crippen LogP contribution in [0.3, 0.4) is 0 Å². The minimum atomic E-state index is -0.770. The first-order valence-electron chi connectivity index (χ1n) is 7.14. The van der Waals surface area contributed by atoms with Gasteiger partial charge in [-0.3, -0.25) is 19.8 Å². The van der Waals surface area contributed by atoms with Gasteiger partial charge in [0.2, 0.25) is 0 Å². The smallest absolute Gasteiger partial charge is 0.331 e. The highest BCUT2D eigenvalue weighted by Gasteiger charge is 2.36. The van der Waals surface area contributed by atoms with Crippen LogP contribution in [-0.4, -0.2) is 29.9 Å². The van der Waals surface area contributed by atoms with Crippen LogP contribution >= 0.6 is 0 Å². The van der Waals surface area contributed by atoms with Crippen molar-refractivity contribution < 1.29 is 23.5 Å². The molecule has 122 valence electrons. The van der Waals surface area contributed by atoms with Gasteiger partial charge in [-0.1, -0.05) is 12.1 Å². The maximum Gasteiger partial charge on any atom is 0.331 e. The molecule has 3 rings (SSSR count). The van der Waals surface area contributed by atoms with E-state index in [0.29, 0.717) is 17.1 Å². The molecular weight excluding hydrogens is 312 g/mol. The molecule has 0 unspecified atom stereocenters. The largest absolute Gasteiger partial charge is 0.497 e. The van der Waals surface area contributed by atoms with Crippen LogP contribution in [0.4, 0.5) is 4.79 Å². The van der Waals surface area contributed by atoms with Crippen molar-refractivity contribution in [2.75, 3.05) is 7.11 Å². The van der Waals surface area contributed by atoms with Crippen LogP contribution in [0.25, 0.3) is 6.08 Å². The van der Waals surface area contributed by atoms with Crippen LogP contribution in [0.1, 0.15) is 11.3 Å². The van der Waals surface area contributed by atoms with Crippen molar-refractivity contribution >= 4 is 23.9 Å². The van der Waals surface area contributed by atoms with Gasteiger partial charge < -0.3 is 9.15 Å². The summed E-state index contributed by atoms with van der Waals surface area (Å²) in [5, 5.41) is 2.16. The lowest BCUT2D eigenvalue weighted by Crippen LogP contribution is -2.53. The Hall–Kier alpha value is -3.35. The summed E-state index contributed by atoms with van der Waals surface area (Å²) in [5.41, 5.74) is 0.521. The van der Waals surface area contributed by atoms with Crippen molar-refractivity contribution in [1.82, 2.24) is 10.2 Å². The molecule has 1 aliphatic heterocycles. The number of carbonyl (C=O) groups is 3. The number of ether oxygens (including phenoxy) is 1. The van der Waals surface area contributed by atoms with Gasteiger partial charge in [0.25, 0.3) is 11.8 Å². The molecule has 2 heterocycles. The number of rotatable bonds is 4. The number of imide groups is 2. The van der Waals surface area contributed by atoms with E-state index in [9.17, 15) is 14.4 Å². The van der Waals surface area contributed by atoms with Gasteiger partial charge in [0.1, 0.15) is 17.1 Å². The molecule has 4 amide bonds. The van der Waals surface area contributed by atoms with Gasteiger partial charge in [0.05, 0.1) is 19.9 Å². The number of urea groups is 1. The summed E-state index contributed by atoms with van der Waals surface area (Å²) in [6.07, 6.45) is 2.87. The monoisotopic (exact) mass is 326 g/mol. The van der Waals surface area contributed by atoms with Gasteiger partial charge in [0, 0.05) is 0 Å². The summed E-state index contributed by atoms with van der Waals surface area (Å²) in [6, 6.07) is 9.37. The normalized spacial score (nSPS) is 16.5.